The van der Waals surface area contributed by atoms with Crippen LogP contribution in [0.25, 0.3) is 0 Å². The number of ether oxygens (including phenoxy) is 2. The Bertz CT molecular complexity index is 2390. The maximum Gasteiger partial charge on any atom is 0.472 e. The Morgan fingerprint density at radius 1 is 0.330 bits per heavy atom. The summed E-state index contributed by atoms with van der Waals surface area (Å²) in [6, 6.07) is 0. The summed E-state index contributed by atoms with van der Waals surface area (Å²) in [5.74, 6) is -0.855. The average molecular weight is 1320 g/mol. The summed E-state index contributed by atoms with van der Waals surface area (Å²) in [5, 5.41) is 0. The molecule has 0 heterocycles. The van der Waals surface area contributed by atoms with Gasteiger partial charge in [0, 0.05) is 12.8 Å². The van der Waals surface area contributed by atoms with Crippen molar-refractivity contribution < 1.29 is 42.1 Å². The minimum absolute atomic E-state index is 0.0134. The normalized spacial score (nSPS) is 14.4. The van der Waals surface area contributed by atoms with Crippen molar-refractivity contribution >= 4 is 19.8 Å². The van der Waals surface area contributed by atoms with Crippen molar-refractivity contribution in [2.75, 3.05) is 47.5 Å². The van der Waals surface area contributed by atoms with Gasteiger partial charge in [-0.25, -0.2) is 4.57 Å². The monoisotopic (exact) mass is 1310 g/mol. The Morgan fingerprint density at radius 2 is 0.574 bits per heavy atom. The number of esters is 2. The molecule has 10 heteroatoms. The van der Waals surface area contributed by atoms with Gasteiger partial charge in [0.1, 0.15) is 19.8 Å². The van der Waals surface area contributed by atoms with Gasteiger partial charge in [0.25, 0.3) is 0 Å². The van der Waals surface area contributed by atoms with Crippen LogP contribution in [0, 0.1) is 0 Å². The smallest absolute Gasteiger partial charge is 0.462 e. The zero-order valence-electron chi connectivity index (χ0n) is 59.8. The Morgan fingerprint density at radius 3 is 0.862 bits per heavy atom. The van der Waals surface area contributed by atoms with Crippen molar-refractivity contribution in [3.63, 3.8) is 0 Å². The molecule has 0 aromatic heterocycles. The lowest BCUT2D eigenvalue weighted by atomic mass is 10.0. The lowest BCUT2D eigenvalue weighted by Gasteiger charge is -2.24. The topological polar surface area (TPSA) is 108 Å². The van der Waals surface area contributed by atoms with Crippen LogP contribution < -0.4 is 0 Å². The Balaban J connectivity index is 4.19. The molecule has 0 radical (unpaired) electrons. The fourth-order valence-electron chi connectivity index (χ4n) is 9.00. The highest BCUT2D eigenvalue weighted by atomic mass is 31.2. The highest BCUT2D eigenvalue weighted by Gasteiger charge is 2.27. The molecular weight excluding hydrogens is 1180 g/mol. The van der Waals surface area contributed by atoms with Gasteiger partial charge in [-0.05, 0) is 154 Å². The van der Waals surface area contributed by atoms with E-state index in [1.54, 1.807) is 0 Å². The molecule has 0 bridgehead atoms. The number of carbonyl (C=O) groups is 2. The van der Waals surface area contributed by atoms with Gasteiger partial charge in [0.2, 0.25) is 0 Å². The lowest BCUT2D eigenvalue weighted by molar-refractivity contribution is -0.870. The minimum atomic E-state index is -4.42. The summed E-state index contributed by atoms with van der Waals surface area (Å²) in [5.41, 5.74) is 0. The maximum atomic E-state index is 12.9. The molecule has 9 nitrogen and oxygen atoms in total. The van der Waals surface area contributed by atoms with Crippen LogP contribution in [0.4, 0.5) is 0 Å². The second-order valence-corrected chi connectivity index (χ2v) is 26.0. The van der Waals surface area contributed by atoms with Gasteiger partial charge in [0.15, 0.2) is 6.10 Å². The van der Waals surface area contributed by atoms with Gasteiger partial charge >= 0.3 is 19.8 Å². The van der Waals surface area contributed by atoms with E-state index in [4.69, 9.17) is 18.5 Å². The highest BCUT2D eigenvalue weighted by Crippen LogP contribution is 2.43. The van der Waals surface area contributed by atoms with Gasteiger partial charge in [0.05, 0.1) is 27.7 Å². The first-order chi connectivity index (χ1) is 46.0. The van der Waals surface area contributed by atoms with E-state index in [0.717, 1.165) is 161 Å². The van der Waals surface area contributed by atoms with Gasteiger partial charge in [-0.3, -0.25) is 18.6 Å². The maximum absolute atomic E-state index is 12.9. The van der Waals surface area contributed by atoms with Crippen LogP contribution in [-0.4, -0.2) is 74.9 Å². The molecule has 0 fully saturated rings. The molecule has 0 aromatic carbocycles. The molecule has 2 unspecified atom stereocenters. The second-order valence-electron chi connectivity index (χ2n) is 24.5. The molecular formula is C84H133NO8P+. The van der Waals surface area contributed by atoms with E-state index in [-0.39, 0.29) is 26.1 Å². The highest BCUT2D eigenvalue weighted by molar-refractivity contribution is 7.47. The molecule has 0 rings (SSSR count). The quantitative estimate of drug-likeness (QED) is 0.0211. The first-order valence-corrected chi connectivity index (χ1v) is 38.0. The number of hydrogen-bond acceptors (Lipinski definition) is 7. The molecule has 1 N–H and O–H groups in total. The van der Waals surface area contributed by atoms with Crippen LogP contribution in [0.3, 0.4) is 0 Å². The molecule has 0 saturated carbocycles. The number of allylic oxidation sites excluding steroid dienone is 36. The van der Waals surface area contributed by atoms with Gasteiger partial charge in [-0.2, -0.15) is 0 Å². The van der Waals surface area contributed by atoms with Crippen LogP contribution in [0.1, 0.15) is 245 Å². The van der Waals surface area contributed by atoms with Crippen molar-refractivity contribution in [2.24, 2.45) is 0 Å². The second kappa shape index (κ2) is 71.6. The van der Waals surface area contributed by atoms with E-state index >= 15 is 0 Å². The van der Waals surface area contributed by atoms with Crippen molar-refractivity contribution in [3.8, 4) is 0 Å². The summed E-state index contributed by atoms with van der Waals surface area (Å²) in [4.78, 5) is 35.9. The number of quaternary nitrogens is 1. The Hall–Kier alpha value is -5.67. The fourth-order valence-corrected chi connectivity index (χ4v) is 9.74. The molecule has 0 aliphatic carbocycles. The van der Waals surface area contributed by atoms with Crippen LogP contribution in [0.2, 0.25) is 0 Å². The minimum Gasteiger partial charge on any atom is -0.462 e. The predicted octanol–water partition coefficient (Wildman–Crippen LogP) is 24.4. The largest absolute Gasteiger partial charge is 0.472 e. The van der Waals surface area contributed by atoms with E-state index in [0.29, 0.717) is 23.9 Å². The van der Waals surface area contributed by atoms with Crippen molar-refractivity contribution in [3.05, 3.63) is 219 Å². The number of rotatable bonds is 64. The fraction of sp³-hybridized carbons (Fsp3) is 0.548. The standard InChI is InChI=1S/C84H132NO8P/c1-6-8-10-12-14-16-18-20-22-24-26-28-30-32-34-36-38-39-40-41-42-43-44-45-47-49-51-53-55-57-59-61-63-65-67-69-71-73-75-77-84(87)93-82(81-92-94(88,89)91-79-78-85(3,4)5)80-90-83(86)76-74-72-70-68-66-64-62-60-58-56-54-52-50-48-46-37-35-33-31-29-27-25-23-21-19-17-15-13-11-9-7-2/h8-11,14-17,20-23,26-29,32-35,38-39,41-42,44-46,48-49,51-52,54,58,60,64,66,82H,6-7,12-13,18-19,24-25,30-31,36-37,40,43,47,50,53,55-57,59,61-63,65,67-81H2,1-5H3/p+1/b10-8-,11-9-,16-14-,17-15-,22-20-,23-21-,28-26-,29-27-,34-32-,35-33-,39-38-,42-41-,45-44-,48-46-,51-49-,54-52-,60-58-,66-64-. The number of hydrogen-bond donors (Lipinski definition) is 1. The third-order valence-electron chi connectivity index (χ3n) is 14.5. The van der Waals surface area contributed by atoms with Gasteiger partial charge < -0.3 is 18.9 Å². The van der Waals surface area contributed by atoms with Crippen molar-refractivity contribution in [2.45, 2.75) is 251 Å². The molecule has 0 aliphatic heterocycles. The first kappa shape index (κ1) is 88.3. The van der Waals surface area contributed by atoms with E-state index < -0.39 is 32.5 Å². The van der Waals surface area contributed by atoms with Crippen LogP contribution in [0.15, 0.2) is 219 Å². The number of phosphoric ester groups is 1. The number of nitrogens with zero attached hydrogens (tertiary/aromatic N) is 1. The van der Waals surface area contributed by atoms with Crippen LogP contribution in [-0.2, 0) is 32.7 Å². The van der Waals surface area contributed by atoms with E-state index in [1.165, 1.54) is 44.9 Å². The molecule has 0 spiro atoms. The Kier molecular flexibility index (Phi) is 67.3. The molecule has 0 saturated heterocycles. The van der Waals surface area contributed by atoms with E-state index in [2.05, 4.69) is 233 Å². The van der Waals surface area contributed by atoms with Gasteiger partial charge in [-0.15, -0.1) is 0 Å². The SMILES string of the molecule is CC/C=C\C/C=C\C/C=C\C/C=C\C/C=C\C/C=C\C/C=C\C/C=C\C/C=C\CCCCCCCCCCCCCC(=O)OC(COC(=O)CCCCC/C=C\C/C=C\C/C=C\C/C=C\C/C=C\C/C=C\C/C=C\C/C=C\C/C=C\CC)COP(=O)(O)OCC[N+](C)(C)C. The molecule has 526 valence electrons. The average Bonchev–Trinajstić information content (AvgIpc) is 1.56. The summed E-state index contributed by atoms with van der Waals surface area (Å²) in [7, 11) is 1.43. The number of carbonyl (C=O) groups excluding carboxylic acids is 2. The molecule has 0 aliphatic rings. The van der Waals surface area contributed by atoms with E-state index in [1.807, 2.05) is 21.1 Å². The summed E-state index contributed by atoms with van der Waals surface area (Å²) in [6.07, 6.45) is 115. The molecule has 0 aromatic rings. The van der Waals surface area contributed by atoms with E-state index in [9.17, 15) is 19.0 Å². The molecule has 2 atom stereocenters. The summed E-state index contributed by atoms with van der Waals surface area (Å²) < 4.78 is 34.7. The third-order valence-corrected chi connectivity index (χ3v) is 15.5. The van der Waals surface area contributed by atoms with Crippen molar-refractivity contribution in [1.82, 2.24) is 0 Å². The molecule has 94 heavy (non-hydrogen) atoms. The first-order valence-electron chi connectivity index (χ1n) is 36.5. The number of likely N-dealkylation sites (N-methyl/N-ethyl adjacent to an activating group) is 1. The number of unbranched alkanes of at least 4 members (excludes halogenated alkanes) is 14. The van der Waals surface area contributed by atoms with Crippen LogP contribution in [0.5, 0.6) is 0 Å². The predicted molar refractivity (Wildman–Crippen MR) is 408 cm³/mol. The Labute approximate surface area is 576 Å². The summed E-state index contributed by atoms with van der Waals surface area (Å²) in [6.45, 7) is 4.14. The van der Waals surface area contributed by atoms with Gasteiger partial charge in [-0.1, -0.05) is 297 Å². The molecule has 0 amide bonds. The summed E-state index contributed by atoms with van der Waals surface area (Å²) >= 11 is 0. The number of phosphoric acid groups is 1. The lowest BCUT2D eigenvalue weighted by Crippen LogP contribution is -2.37. The zero-order chi connectivity index (χ0) is 68.3. The third kappa shape index (κ3) is 75.4. The van der Waals surface area contributed by atoms with Crippen LogP contribution >= 0.6 is 7.82 Å². The van der Waals surface area contributed by atoms with Crippen molar-refractivity contribution in [1.29, 1.82) is 0 Å². The zero-order valence-corrected chi connectivity index (χ0v) is 60.7.